The molecule has 0 saturated heterocycles. The van der Waals surface area contributed by atoms with E-state index in [1.165, 1.54) is 13.0 Å². The third-order valence-electron chi connectivity index (χ3n) is 2.86. The Kier molecular flexibility index (Phi) is 5.89. The standard InChI is InChI=1S/C13H17FN2O4/c1-9-7-11(12(16(19)20)8-10(9)14)15-6-4-2-3-5-13(17)18/h7-8,15H,2-6H2,1H3,(H,17,18). The van der Waals surface area contributed by atoms with Crippen molar-refractivity contribution >= 4 is 17.3 Å². The largest absolute Gasteiger partial charge is 0.481 e. The van der Waals surface area contributed by atoms with Crippen LogP contribution in [0.5, 0.6) is 0 Å². The summed E-state index contributed by atoms with van der Waals surface area (Å²) in [6.45, 7) is 2.02. The number of carboxylic acid groups (broad SMARTS) is 1. The zero-order valence-corrected chi connectivity index (χ0v) is 11.2. The first kappa shape index (κ1) is 15.9. The SMILES string of the molecule is Cc1cc(NCCCCCC(=O)O)c([N+](=O)[O-])cc1F. The number of aryl methyl sites for hydroxylation is 1. The molecule has 1 aromatic carbocycles. The monoisotopic (exact) mass is 284 g/mol. The molecule has 0 heterocycles. The molecular weight excluding hydrogens is 267 g/mol. The number of anilines is 1. The lowest BCUT2D eigenvalue weighted by atomic mass is 10.1. The number of nitro groups is 1. The quantitative estimate of drug-likeness (QED) is 0.434. The van der Waals surface area contributed by atoms with Crippen LogP contribution in [-0.4, -0.2) is 22.5 Å². The second-order valence-corrected chi connectivity index (χ2v) is 4.51. The van der Waals surface area contributed by atoms with Crippen LogP contribution in [0.25, 0.3) is 0 Å². The second kappa shape index (κ2) is 7.42. The summed E-state index contributed by atoms with van der Waals surface area (Å²) in [6.07, 6.45) is 2.10. The fraction of sp³-hybridized carbons (Fsp3) is 0.462. The van der Waals surface area contributed by atoms with Crippen molar-refractivity contribution in [3.8, 4) is 0 Å². The summed E-state index contributed by atoms with van der Waals surface area (Å²) < 4.78 is 13.3. The molecule has 0 aliphatic heterocycles. The van der Waals surface area contributed by atoms with E-state index >= 15 is 0 Å². The Morgan fingerprint density at radius 2 is 2.10 bits per heavy atom. The predicted molar refractivity (Wildman–Crippen MR) is 72.4 cm³/mol. The molecule has 20 heavy (non-hydrogen) atoms. The molecule has 0 radical (unpaired) electrons. The lowest BCUT2D eigenvalue weighted by Gasteiger charge is -2.08. The topological polar surface area (TPSA) is 92.5 Å². The van der Waals surface area contributed by atoms with Crippen LogP contribution in [0, 0.1) is 22.9 Å². The van der Waals surface area contributed by atoms with E-state index < -0.39 is 16.7 Å². The van der Waals surface area contributed by atoms with Crippen molar-refractivity contribution in [2.24, 2.45) is 0 Å². The highest BCUT2D eigenvalue weighted by atomic mass is 19.1. The molecule has 0 unspecified atom stereocenters. The minimum absolute atomic E-state index is 0.121. The number of hydrogen-bond donors (Lipinski definition) is 2. The van der Waals surface area contributed by atoms with Gasteiger partial charge in [0, 0.05) is 13.0 Å². The molecule has 0 aliphatic carbocycles. The number of halogens is 1. The normalized spacial score (nSPS) is 10.3. The van der Waals surface area contributed by atoms with Gasteiger partial charge in [-0.25, -0.2) is 4.39 Å². The number of unbranched alkanes of at least 4 members (excludes halogenated alkanes) is 2. The third-order valence-corrected chi connectivity index (χ3v) is 2.86. The number of rotatable bonds is 8. The van der Waals surface area contributed by atoms with Crippen molar-refractivity contribution in [2.45, 2.75) is 32.6 Å². The Bertz CT molecular complexity index is 505. The highest BCUT2D eigenvalue weighted by Gasteiger charge is 2.16. The van der Waals surface area contributed by atoms with Gasteiger partial charge in [-0.15, -0.1) is 0 Å². The Labute approximate surface area is 115 Å². The summed E-state index contributed by atoms with van der Waals surface area (Å²) >= 11 is 0. The number of aliphatic carboxylic acids is 1. The minimum atomic E-state index is -0.831. The van der Waals surface area contributed by atoms with Crippen molar-refractivity contribution in [1.82, 2.24) is 0 Å². The minimum Gasteiger partial charge on any atom is -0.481 e. The maximum absolute atomic E-state index is 13.3. The molecule has 6 nitrogen and oxygen atoms in total. The Morgan fingerprint density at radius 1 is 1.40 bits per heavy atom. The van der Waals surface area contributed by atoms with E-state index in [1.54, 1.807) is 0 Å². The first-order chi connectivity index (χ1) is 9.41. The fourth-order valence-corrected chi connectivity index (χ4v) is 1.76. The molecule has 0 bridgehead atoms. The van der Waals surface area contributed by atoms with Gasteiger partial charge in [-0.2, -0.15) is 0 Å². The Balaban J connectivity index is 2.53. The smallest absolute Gasteiger partial charge is 0.303 e. The summed E-state index contributed by atoms with van der Waals surface area (Å²) in [5.74, 6) is -1.44. The zero-order chi connectivity index (χ0) is 15.1. The summed E-state index contributed by atoms with van der Waals surface area (Å²) in [7, 11) is 0. The molecule has 1 rings (SSSR count). The van der Waals surface area contributed by atoms with E-state index in [0.717, 1.165) is 6.07 Å². The van der Waals surface area contributed by atoms with Gasteiger partial charge >= 0.3 is 5.97 Å². The zero-order valence-electron chi connectivity index (χ0n) is 11.2. The van der Waals surface area contributed by atoms with E-state index in [4.69, 9.17) is 5.11 Å². The molecule has 0 fully saturated rings. The fourth-order valence-electron chi connectivity index (χ4n) is 1.76. The molecule has 0 spiro atoms. The lowest BCUT2D eigenvalue weighted by molar-refractivity contribution is -0.384. The lowest BCUT2D eigenvalue weighted by Crippen LogP contribution is -2.06. The molecule has 0 saturated carbocycles. The maximum atomic E-state index is 13.3. The molecule has 2 N–H and O–H groups in total. The summed E-state index contributed by atoms with van der Waals surface area (Å²) in [6, 6.07) is 2.31. The van der Waals surface area contributed by atoms with E-state index in [0.29, 0.717) is 31.4 Å². The van der Waals surface area contributed by atoms with Crippen LogP contribution in [0.3, 0.4) is 0 Å². The molecule has 110 valence electrons. The number of benzene rings is 1. The van der Waals surface area contributed by atoms with Crippen LogP contribution >= 0.6 is 0 Å². The molecule has 7 heteroatoms. The Morgan fingerprint density at radius 3 is 2.70 bits per heavy atom. The van der Waals surface area contributed by atoms with Crippen LogP contribution in [0.4, 0.5) is 15.8 Å². The molecule has 0 atom stereocenters. The summed E-state index contributed by atoms with van der Waals surface area (Å²) in [5, 5.41) is 22.2. The van der Waals surface area contributed by atoms with Gasteiger partial charge in [0.2, 0.25) is 0 Å². The maximum Gasteiger partial charge on any atom is 0.303 e. The van der Waals surface area contributed by atoms with Crippen LogP contribution in [-0.2, 0) is 4.79 Å². The van der Waals surface area contributed by atoms with Crippen LogP contribution in [0.2, 0.25) is 0 Å². The second-order valence-electron chi connectivity index (χ2n) is 4.51. The number of hydrogen-bond acceptors (Lipinski definition) is 4. The van der Waals surface area contributed by atoms with E-state index in [-0.39, 0.29) is 17.8 Å². The van der Waals surface area contributed by atoms with Gasteiger partial charge in [-0.05, 0) is 31.4 Å². The van der Waals surface area contributed by atoms with Crippen LogP contribution in [0.15, 0.2) is 12.1 Å². The van der Waals surface area contributed by atoms with Crippen LogP contribution < -0.4 is 5.32 Å². The molecular formula is C13H17FN2O4. The van der Waals surface area contributed by atoms with Gasteiger partial charge in [-0.3, -0.25) is 14.9 Å². The summed E-state index contributed by atoms with van der Waals surface area (Å²) in [5.41, 5.74) is 0.328. The van der Waals surface area contributed by atoms with Gasteiger partial charge in [-0.1, -0.05) is 6.42 Å². The number of nitrogens with one attached hydrogen (secondary N) is 1. The number of carbonyl (C=O) groups is 1. The van der Waals surface area contributed by atoms with Gasteiger partial charge in [0.1, 0.15) is 11.5 Å². The van der Waals surface area contributed by atoms with Crippen molar-refractivity contribution in [1.29, 1.82) is 0 Å². The van der Waals surface area contributed by atoms with Gasteiger partial charge in [0.05, 0.1) is 11.0 Å². The van der Waals surface area contributed by atoms with Crippen molar-refractivity contribution in [3.05, 3.63) is 33.6 Å². The van der Waals surface area contributed by atoms with E-state index in [2.05, 4.69) is 5.32 Å². The predicted octanol–water partition coefficient (Wildman–Crippen LogP) is 3.10. The first-order valence-electron chi connectivity index (χ1n) is 6.32. The average Bonchev–Trinajstić information content (AvgIpc) is 2.36. The summed E-state index contributed by atoms with van der Waals surface area (Å²) in [4.78, 5) is 20.5. The van der Waals surface area contributed by atoms with Gasteiger partial charge < -0.3 is 10.4 Å². The van der Waals surface area contributed by atoms with Gasteiger partial charge in [0.25, 0.3) is 5.69 Å². The Hall–Kier alpha value is -2.18. The highest BCUT2D eigenvalue weighted by molar-refractivity contribution is 5.66. The first-order valence-corrected chi connectivity index (χ1v) is 6.32. The molecule has 0 amide bonds. The van der Waals surface area contributed by atoms with E-state index in [1.807, 2.05) is 0 Å². The van der Waals surface area contributed by atoms with Crippen molar-refractivity contribution < 1.29 is 19.2 Å². The highest BCUT2D eigenvalue weighted by Crippen LogP contribution is 2.27. The van der Waals surface area contributed by atoms with Gasteiger partial charge in [0.15, 0.2) is 0 Å². The molecule has 0 aromatic heterocycles. The van der Waals surface area contributed by atoms with Crippen LogP contribution in [0.1, 0.15) is 31.2 Å². The number of nitro benzene ring substituents is 1. The van der Waals surface area contributed by atoms with E-state index in [9.17, 15) is 19.3 Å². The average molecular weight is 284 g/mol. The number of nitrogens with zero attached hydrogens (tertiary/aromatic N) is 1. The van der Waals surface area contributed by atoms with Crippen molar-refractivity contribution in [3.63, 3.8) is 0 Å². The molecule has 1 aromatic rings. The third kappa shape index (κ3) is 4.83. The van der Waals surface area contributed by atoms with Crippen molar-refractivity contribution in [2.75, 3.05) is 11.9 Å². The molecule has 0 aliphatic rings. The number of carboxylic acids is 1.